The second-order valence-corrected chi connectivity index (χ2v) is 21.0. The Kier molecular flexibility index (Phi) is 6.86. The second kappa shape index (κ2) is 11.6. The van der Waals surface area contributed by atoms with E-state index in [4.69, 9.17) is 16.0 Å². The van der Waals surface area contributed by atoms with Gasteiger partial charge in [-0.05, 0) is 160 Å². The van der Waals surface area contributed by atoms with Crippen molar-refractivity contribution in [3.63, 3.8) is 0 Å². The SMILES string of the molecule is CC1(C)c2ccccc2-c2ccc(-c3ccc4c(c3)C(C)(C)c3cc(-c5cc6c(c7oc8ccccc8c57)-c5cc7c(cc5C6(C)C)-c5ccc(Cl)cc5C7(C)C)ccc3-4)cc21. The first-order valence-electron chi connectivity index (χ1n) is 22.2. The summed E-state index contributed by atoms with van der Waals surface area (Å²) in [5.74, 6) is 0. The van der Waals surface area contributed by atoms with Gasteiger partial charge in [0.2, 0.25) is 0 Å². The van der Waals surface area contributed by atoms with E-state index in [-0.39, 0.29) is 21.7 Å². The molecule has 0 aliphatic heterocycles. The fraction of sp³-hybridized carbons (Fsp3) is 0.200. The molecule has 1 aromatic heterocycles. The number of fused-ring (bicyclic) bond motifs is 16. The van der Waals surface area contributed by atoms with Crippen LogP contribution in [-0.2, 0) is 21.7 Å². The minimum atomic E-state index is -0.251. The zero-order valence-corrected chi connectivity index (χ0v) is 37.3. The normalized spacial score (nSPS) is 17.0. The highest BCUT2D eigenvalue weighted by Gasteiger charge is 2.44. The van der Waals surface area contributed by atoms with Gasteiger partial charge < -0.3 is 4.42 Å². The minimum Gasteiger partial charge on any atom is -0.455 e. The van der Waals surface area contributed by atoms with Gasteiger partial charge in [0.1, 0.15) is 11.2 Å². The quantitative estimate of drug-likeness (QED) is 0.169. The van der Waals surface area contributed by atoms with Gasteiger partial charge >= 0.3 is 0 Å². The van der Waals surface area contributed by atoms with E-state index in [0.717, 1.165) is 21.6 Å². The molecule has 62 heavy (non-hydrogen) atoms. The Bertz CT molecular complexity index is 3530. The Balaban J connectivity index is 0.956. The topological polar surface area (TPSA) is 13.1 Å². The summed E-state index contributed by atoms with van der Waals surface area (Å²) >= 11 is 6.60. The molecule has 0 radical (unpaired) electrons. The highest BCUT2D eigenvalue weighted by molar-refractivity contribution is 6.30. The minimum absolute atomic E-state index is 0.0374. The van der Waals surface area contributed by atoms with E-state index < -0.39 is 0 Å². The van der Waals surface area contributed by atoms with Crippen LogP contribution in [0.3, 0.4) is 0 Å². The van der Waals surface area contributed by atoms with Crippen molar-refractivity contribution >= 4 is 33.5 Å². The average molecular weight is 819 g/mol. The number of hydrogen-bond acceptors (Lipinski definition) is 1. The number of furan rings is 1. The lowest BCUT2D eigenvalue weighted by Gasteiger charge is -2.25. The molecule has 13 rings (SSSR count). The van der Waals surface area contributed by atoms with Crippen LogP contribution < -0.4 is 0 Å². The van der Waals surface area contributed by atoms with Crippen LogP contribution >= 0.6 is 11.6 Å². The average Bonchev–Trinajstić information content (AvgIpc) is 3.96. The van der Waals surface area contributed by atoms with Gasteiger partial charge in [0.05, 0.1) is 0 Å². The number of benzene rings is 8. The molecule has 1 heterocycles. The Hall–Kier alpha value is -6.15. The Morgan fingerprint density at radius 2 is 0.806 bits per heavy atom. The first-order valence-corrected chi connectivity index (χ1v) is 22.6. The van der Waals surface area contributed by atoms with Crippen LogP contribution in [0.15, 0.2) is 144 Å². The van der Waals surface area contributed by atoms with Crippen molar-refractivity contribution in [2.75, 3.05) is 0 Å². The molecular weight excluding hydrogens is 772 g/mol. The number of halogens is 1. The van der Waals surface area contributed by atoms with Crippen LogP contribution in [0.25, 0.3) is 88.7 Å². The third kappa shape index (κ3) is 4.45. The largest absolute Gasteiger partial charge is 0.455 e. The number of hydrogen-bond donors (Lipinski definition) is 0. The monoisotopic (exact) mass is 818 g/mol. The van der Waals surface area contributed by atoms with Gasteiger partial charge in [-0.25, -0.2) is 0 Å². The third-order valence-corrected chi connectivity index (χ3v) is 16.2. The molecule has 0 bridgehead atoms. The molecule has 4 aliphatic rings. The summed E-state index contributed by atoms with van der Waals surface area (Å²) < 4.78 is 7.04. The summed E-state index contributed by atoms with van der Waals surface area (Å²) in [6.45, 7) is 19.0. The van der Waals surface area contributed by atoms with E-state index in [0.29, 0.717) is 0 Å². The summed E-state index contributed by atoms with van der Waals surface area (Å²) in [7, 11) is 0. The van der Waals surface area contributed by atoms with Crippen LogP contribution in [0, 0.1) is 0 Å². The van der Waals surface area contributed by atoms with Crippen molar-refractivity contribution in [3.8, 4) is 66.8 Å². The van der Waals surface area contributed by atoms with Crippen molar-refractivity contribution in [1.82, 2.24) is 0 Å². The summed E-state index contributed by atoms with van der Waals surface area (Å²) in [5.41, 5.74) is 27.6. The zero-order valence-electron chi connectivity index (χ0n) is 36.6. The fourth-order valence-electron chi connectivity index (χ4n) is 12.5. The van der Waals surface area contributed by atoms with E-state index >= 15 is 0 Å². The lowest BCUT2D eigenvalue weighted by molar-refractivity contribution is 0.650. The van der Waals surface area contributed by atoms with E-state index in [9.17, 15) is 0 Å². The highest BCUT2D eigenvalue weighted by atomic mass is 35.5. The molecular formula is C60H47ClO. The van der Waals surface area contributed by atoms with Gasteiger partial charge in [-0.1, -0.05) is 152 Å². The molecule has 0 saturated carbocycles. The summed E-state index contributed by atoms with van der Waals surface area (Å²) in [6.07, 6.45) is 0. The maximum atomic E-state index is 7.04. The van der Waals surface area contributed by atoms with Gasteiger partial charge in [-0.3, -0.25) is 0 Å². The lowest BCUT2D eigenvalue weighted by atomic mass is 9.78. The maximum Gasteiger partial charge on any atom is 0.144 e. The predicted molar refractivity (Wildman–Crippen MR) is 260 cm³/mol. The Morgan fingerprint density at radius 3 is 1.50 bits per heavy atom. The predicted octanol–water partition coefficient (Wildman–Crippen LogP) is 16.8. The van der Waals surface area contributed by atoms with Crippen molar-refractivity contribution in [3.05, 3.63) is 189 Å². The molecule has 2 heteroatoms. The van der Waals surface area contributed by atoms with Crippen LogP contribution in [0.2, 0.25) is 5.02 Å². The van der Waals surface area contributed by atoms with Gasteiger partial charge in [0.15, 0.2) is 0 Å². The van der Waals surface area contributed by atoms with E-state index in [1.165, 1.54) is 117 Å². The highest BCUT2D eigenvalue weighted by Crippen LogP contribution is 2.60. The lowest BCUT2D eigenvalue weighted by Crippen LogP contribution is -2.17. The first kappa shape index (κ1) is 36.5. The van der Waals surface area contributed by atoms with Crippen molar-refractivity contribution in [1.29, 1.82) is 0 Å². The van der Waals surface area contributed by atoms with Crippen LogP contribution in [0.1, 0.15) is 99.9 Å². The van der Waals surface area contributed by atoms with Crippen molar-refractivity contribution < 1.29 is 4.42 Å². The zero-order chi connectivity index (χ0) is 42.4. The fourth-order valence-corrected chi connectivity index (χ4v) is 12.7. The number of para-hydroxylation sites is 1. The van der Waals surface area contributed by atoms with Crippen LogP contribution in [0.4, 0.5) is 0 Å². The molecule has 0 unspecified atom stereocenters. The molecule has 0 N–H and O–H groups in total. The van der Waals surface area contributed by atoms with Crippen molar-refractivity contribution in [2.45, 2.75) is 77.0 Å². The van der Waals surface area contributed by atoms with Gasteiger partial charge in [0, 0.05) is 43.0 Å². The molecule has 1 nitrogen and oxygen atoms in total. The van der Waals surface area contributed by atoms with E-state index in [2.05, 4.69) is 189 Å². The Labute approximate surface area is 369 Å². The van der Waals surface area contributed by atoms with Crippen LogP contribution in [-0.4, -0.2) is 0 Å². The van der Waals surface area contributed by atoms with Crippen molar-refractivity contribution in [2.24, 2.45) is 0 Å². The maximum absolute atomic E-state index is 7.04. The molecule has 8 aromatic carbocycles. The second-order valence-electron chi connectivity index (χ2n) is 20.6. The smallest absolute Gasteiger partial charge is 0.144 e. The molecule has 9 aromatic rings. The standard InChI is InChI=1S/C60H47ClO/c1-57(2)45-15-11-9-13-36(45)37-21-17-32(25-46(37)57)33-18-22-38-39-23-19-34(27-48(39)58(3,4)47(38)26-33)42-29-52-55(56-54(42)41-14-10-12-16-53(41)62-56)44-31-50-43(30-51(44)60(52,7)8)40-24-20-35(61)28-49(40)59(50,5)6/h9-31H,1-8H3. The number of rotatable bonds is 2. The first-order chi connectivity index (χ1) is 29.7. The molecule has 0 amide bonds. The van der Waals surface area contributed by atoms with E-state index in [1.54, 1.807) is 0 Å². The van der Waals surface area contributed by atoms with Gasteiger partial charge in [0.25, 0.3) is 0 Å². The third-order valence-electron chi connectivity index (χ3n) is 15.9. The Morgan fingerprint density at radius 1 is 0.355 bits per heavy atom. The van der Waals surface area contributed by atoms with Gasteiger partial charge in [-0.2, -0.15) is 0 Å². The molecule has 0 spiro atoms. The summed E-state index contributed by atoms with van der Waals surface area (Å²) in [5, 5.41) is 3.13. The van der Waals surface area contributed by atoms with E-state index in [1.807, 2.05) is 6.07 Å². The molecule has 0 fully saturated rings. The molecule has 4 aliphatic carbocycles. The molecule has 0 atom stereocenters. The van der Waals surface area contributed by atoms with Crippen LogP contribution in [0.5, 0.6) is 0 Å². The molecule has 300 valence electrons. The summed E-state index contributed by atoms with van der Waals surface area (Å²) in [6, 6.07) is 52.9. The summed E-state index contributed by atoms with van der Waals surface area (Å²) in [4.78, 5) is 0. The molecule has 0 saturated heterocycles. The van der Waals surface area contributed by atoms with Gasteiger partial charge in [-0.15, -0.1) is 0 Å².